The highest BCUT2D eigenvalue weighted by Crippen LogP contribution is 2.32. The third-order valence-corrected chi connectivity index (χ3v) is 3.72. The molecule has 0 aliphatic carbocycles. The van der Waals surface area contributed by atoms with Crippen LogP contribution in [0.5, 0.6) is 0 Å². The molecule has 0 heterocycles. The van der Waals surface area contributed by atoms with Gasteiger partial charge in [-0.2, -0.15) is 0 Å². The summed E-state index contributed by atoms with van der Waals surface area (Å²) in [7, 11) is 0. The highest BCUT2D eigenvalue weighted by molar-refractivity contribution is 14.1. The van der Waals surface area contributed by atoms with Gasteiger partial charge in [-0.15, -0.1) is 0 Å². The smallest absolute Gasteiger partial charge is 0.108 e. The minimum atomic E-state index is -0.152. The maximum absolute atomic E-state index is 6.07. The Balaban J connectivity index is 2.15. The molecule has 1 unspecified atom stereocenters. The molecule has 102 valence electrons. The predicted octanol–water partition coefficient (Wildman–Crippen LogP) is 5.45. The van der Waals surface area contributed by atoms with Crippen LogP contribution in [0, 0.1) is 0 Å². The maximum Gasteiger partial charge on any atom is 0.108 e. The number of halogens is 1. The molecule has 2 heteroatoms. The first-order chi connectivity index (χ1) is 9.68. The first kappa shape index (κ1) is 15.0. The summed E-state index contributed by atoms with van der Waals surface area (Å²) in [6, 6.07) is 20.3. The zero-order valence-electron chi connectivity index (χ0n) is 11.3. The Morgan fingerprint density at radius 2 is 1.50 bits per heavy atom. The van der Waals surface area contributed by atoms with Gasteiger partial charge in [-0.05, 0) is 39.3 Å². The minimum Gasteiger partial charge on any atom is -0.364 e. The quantitative estimate of drug-likeness (QED) is 0.481. The van der Waals surface area contributed by atoms with Crippen LogP contribution in [0.15, 0.2) is 83.0 Å². The molecule has 0 aliphatic heterocycles. The first-order valence-corrected chi connectivity index (χ1v) is 7.50. The van der Waals surface area contributed by atoms with E-state index in [1.165, 1.54) is 0 Å². The van der Waals surface area contributed by atoms with Gasteiger partial charge in [-0.1, -0.05) is 73.8 Å². The summed E-state index contributed by atoms with van der Waals surface area (Å²) in [5, 5.41) is 0. The van der Waals surface area contributed by atoms with E-state index < -0.39 is 0 Å². The number of ether oxygens (including phenoxy) is 1. The molecule has 0 amide bonds. The Labute approximate surface area is 134 Å². The standard InChI is InChI=1S/C18H17IO/c1-14(15(2)19)18(17-11-7-4-8-12-17)20-13-16-9-5-3-6-10-16/h3-12,18H,1-2,13H2. The van der Waals surface area contributed by atoms with Crippen molar-refractivity contribution in [2.24, 2.45) is 0 Å². The molecule has 0 spiro atoms. The van der Waals surface area contributed by atoms with Gasteiger partial charge < -0.3 is 4.74 Å². The summed E-state index contributed by atoms with van der Waals surface area (Å²) in [5.74, 6) is 0. The van der Waals surface area contributed by atoms with E-state index in [0.717, 1.165) is 20.3 Å². The summed E-state index contributed by atoms with van der Waals surface area (Å²) < 4.78 is 6.99. The van der Waals surface area contributed by atoms with Gasteiger partial charge >= 0.3 is 0 Å². The van der Waals surface area contributed by atoms with E-state index in [9.17, 15) is 0 Å². The fraction of sp³-hybridized carbons (Fsp3) is 0.111. The summed E-state index contributed by atoms with van der Waals surface area (Å²) in [6.07, 6.45) is -0.152. The third kappa shape index (κ3) is 4.05. The molecule has 0 fully saturated rings. The molecule has 0 radical (unpaired) electrons. The van der Waals surface area contributed by atoms with Crippen LogP contribution in [0.4, 0.5) is 0 Å². The topological polar surface area (TPSA) is 9.23 Å². The second kappa shape index (κ2) is 7.41. The van der Waals surface area contributed by atoms with Crippen molar-refractivity contribution in [2.75, 3.05) is 0 Å². The normalized spacial score (nSPS) is 11.8. The average molecular weight is 376 g/mol. The predicted molar refractivity (Wildman–Crippen MR) is 92.7 cm³/mol. The lowest BCUT2D eigenvalue weighted by molar-refractivity contribution is 0.0665. The summed E-state index contributed by atoms with van der Waals surface area (Å²) in [4.78, 5) is 0. The van der Waals surface area contributed by atoms with Crippen molar-refractivity contribution in [1.29, 1.82) is 0 Å². The van der Waals surface area contributed by atoms with Crippen LogP contribution in [-0.4, -0.2) is 0 Å². The lowest BCUT2D eigenvalue weighted by Gasteiger charge is -2.20. The van der Waals surface area contributed by atoms with E-state index in [4.69, 9.17) is 4.74 Å². The molecule has 2 rings (SSSR count). The Morgan fingerprint density at radius 1 is 0.950 bits per heavy atom. The van der Waals surface area contributed by atoms with Gasteiger partial charge in [0.2, 0.25) is 0 Å². The van der Waals surface area contributed by atoms with Crippen molar-refractivity contribution in [3.05, 3.63) is 94.1 Å². The molecular weight excluding hydrogens is 359 g/mol. The monoisotopic (exact) mass is 376 g/mol. The molecule has 1 atom stereocenters. The molecule has 0 saturated carbocycles. The van der Waals surface area contributed by atoms with Gasteiger partial charge in [-0.25, -0.2) is 0 Å². The van der Waals surface area contributed by atoms with Crippen molar-refractivity contribution >= 4 is 22.6 Å². The molecule has 0 N–H and O–H groups in total. The van der Waals surface area contributed by atoms with Crippen LogP contribution in [0.1, 0.15) is 17.2 Å². The second-order valence-electron chi connectivity index (χ2n) is 4.52. The fourth-order valence-corrected chi connectivity index (χ4v) is 2.20. The number of benzene rings is 2. The Kier molecular flexibility index (Phi) is 5.56. The average Bonchev–Trinajstić information content (AvgIpc) is 2.49. The molecular formula is C18H17IO. The van der Waals surface area contributed by atoms with E-state index in [2.05, 4.69) is 60.0 Å². The van der Waals surface area contributed by atoms with Gasteiger partial charge in [0.15, 0.2) is 0 Å². The number of hydrogen-bond donors (Lipinski definition) is 0. The van der Waals surface area contributed by atoms with Crippen molar-refractivity contribution in [3.63, 3.8) is 0 Å². The molecule has 20 heavy (non-hydrogen) atoms. The minimum absolute atomic E-state index is 0.152. The lowest BCUT2D eigenvalue weighted by Crippen LogP contribution is -2.07. The number of hydrogen-bond acceptors (Lipinski definition) is 1. The van der Waals surface area contributed by atoms with Gasteiger partial charge in [0, 0.05) is 3.58 Å². The first-order valence-electron chi connectivity index (χ1n) is 6.42. The largest absolute Gasteiger partial charge is 0.364 e. The molecule has 0 bridgehead atoms. The Bertz CT molecular complexity index is 575. The van der Waals surface area contributed by atoms with Crippen LogP contribution < -0.4 is 0 Å². The SMILES string of the molecule is C=C(I)C(=C)C(OCc1ccccc1)c1ccccc1. The van der Waals surface area contributed by atoms with Crippen LogP contribution in [0.25, 0.3) is 0 Å². The van der Waals surface area contributed by atoms with E-state index in [-0.39, 0.29) is 6.10 Å². The van der Waals surface area contributed by atoms with Gasteiger partial charge in [-0.3, -0.25) is 0 Å². The highest BCUT2D eigenvalue weighted by Gasteiger charge is 2.17. The Hall–Kier alpha value is -1.39. The zero-order chi connectivity index (χ0) is 14.4. The molecule has 2 aromatic rings. The molecule has 0 saturated heterocycles. The fourth-order valence-electron chi connectivity index (χ4n) is 1.92. The van der Waals surface area contributed by atoms with E-state index >= 15 is 0 Å². The Morgan fingerprint density at radius 3 is 2.05 bits per heavy atom. The summed E-state index contributed by atoms with van der Waals surface area (Å²) >= 11 is 2.19. The van der Waals surface area contributed by atoms with Crippen molar-refractivity contribution in [1.82, 2.24) is 0 Å². The summed E-state index contributed by atoms with van der Waals surface area (Å²) in [5.41, 5.74) is 3.17. The molecule has 2 aromatic carbocycles. The molecule has 0 aliphatic rings. The van der Waals surface area contributed by atoms with Crippen molar-refractivity contribution in [3.8, 4) is 0 Å². The molecule has 1 nitrogen and oxygen atoms in total. The highest BCUT2D eigenvalue weighted by atomic mass is 127. The van der Waals surface area contributed by atoms with Crippen molar-refractivity contribution < 1.29 is 4.74 Å². The lowest BCUT2D eigenvalue weighted by atomic mass is 10.0. The second-order valence-corrected chi connectivity index (χ2v) is 5.82. The van der Waals surface area contributed by atoms with Crippen LogP contribution >= 0.6 is 22.6 Å². The van der Waals surface area contributed by atoms with E-state index in [1.54, 1.807) is 0 Å². The molecule has 0 aromatic heterocycles. The maximum atomic E-state index is 6.07. The van der Waals surface area contributed by atoms with Crippen molar-refractivity contribution in [2.45, 2.75) is 12.7 Å². The summed E-state index contributed by atoms with van der Waals surface area (Å²) in [6.45, 7) is 8.63. The van der Waals surface area contributed by atoms with Crippen LogP contribution in [0.2, 0.25) is 0 Å². The van der Waals surface area contributed by atoms with Gasteiger partial charge in [0.25, 0.3) is 0 Å². The number of rotatable bonds is 6. The van der Waals surface area contributed by atoms with E-state index in [0.29, 0.717) is 6.61 Å². The van der Waals surface area contributed by atoms with Gasteiger partial charge in [0.05, 0.1) is 6.61 Å². The van der Waals surface area contributed by atoms with Crippen LogP contribution in [-0.2, 0) is 11.3 Å². The third-order valence-electron chi connectivity index (χ3n) is 3.03. The van der Waals surface area contributed by atoms with Gasteiger partial charge in [0.1, 0.15) is 6.10 Å². The zero-order valence-corrected chi connectivity index (χ0v) is 13.4. The van der Waals surface area contributed by atoms with E-state index in [1.807, 2.05) is 36.4 Å². The van der Waals surface area contributed by atoms with Crippen LogP contribution in [0.3, 0.4) is 0 Å².